The van der Waals surface area contributed by atoms with Crippen LogP contribution in [0.25, 0.3) is 0 Å². The first-order valence-electron chi connectivity index (χ1n) is 11.1. The van der Waals surface area contributed by atoms with Gasteiger partial charge in [0.15, 0.2) is 6.54 Å². The molecule has 0 spiro atoms. The number of anilines is 1. The highest BCUT2D eigenvalue weighted by molar-refractivity contribution is 5.80. The number of quaternary nitrogens is 1. The van der Waals surface area contributed by atoms with Gasteiger partial charge in [0.05, 0.1) is 26.4 Å². The Hall–Kier alpha value is -2.12. The van der Waals surface area contributed by atoms with Gasteiger partial charge < -0.3 is 20.0 Å². The lowest BCUT2D eigenvalue weighted by atomic mass is 10.00. The third kappa shape index (κ3) is 6.19. The number of hydrogen-bond donors (Lipinski definition) is 1. The summed E-state index contributed by atoms with van der Waals surface area (Å²) in [4.78, 5) is 17.4. The van der Waals surface area contributed by atoms with E-state index < -0.39 is 5.60 Å². The van der Waals surface area contributed by atoms with Crippen LogP contribution < -0.4 is 10.7 Å². The fourth-order valence-electron chi connectivity index (χ4n) is 4.59. The van der Waals surface area contributed by atoms with Gasteiger partial charge in [0.2, 0.25) is 0 Å². The number of carbonyl (C=O) groups excluding carboxylic acids is 1. The number of rotatable bonds is 5. The number of nitrogens with zero attached hydrogens (tertiary/aromatic N) is 4. The van der Waals surface area contributed by atoms with E-state index >= 15 is 0 Å². The number of carbonyl (C=O) groups is 1. The van der Waals surface area contributed by atoms with Crippen molar-refractivity contribution in [2.75, 3.05) is 57.8 Å². The monoisotopic (exact) mass is 416 g/mol. The summed E-state index contributed by atoms with van der Waals surface area (Å²) in [5.74, 6) is 5.14. The Morgan fingerprint density at radius 2 is 1.77 bits per heavy atom. The standard InChI is InChI=1S/C23H38N5O2/c1-23(2,3)30-22(29)18-28(4)15-9-21(10-16-28)27-13-11-26(12-14-27)20-7-5-19(6-8-20)17-25-24/h5-8,17,21H,9-16,18,24H2,1-4H3/q+1. The number of ether oxygens (including phenoxy) is 1. The number of piperazine rings is 1. The molecule has 2 heterocycles. The molecule has 0 unspecified atom stereocenters. The van der Waals surface area contributed by atoms with Gasteiger partial charge in [0.1, 0.15) is 5.60 Å². The normalized spacial score (nSPS) is 26.1. The highest BCUT2D eigenvalue weighted by Gasteiger charge is 2.36. The zero-order chi connectivity index (χ0) is 21.8. The Kier molecular flexibility index (Phi) is 7.03. The van der Waals surface area contributed by atoms with Gasteiger partial charge in [-0.15, -0.1) is 0 Å². The van der Waals surface area contributed by atoms with Crippen molar-refractivity contribution >= 4 is 17.9 Å². The zero-order valence-electron chi connectivity index (χ0n) is 19.0. The molecule has 2 aliphatic heterocycles. The van der Waals surface area contributed by atoms with Gasteiger partial charge >= 0.3 is 5.97 Å². The summed E-state index contributed by atoms with van der Waals surface area (Å²) in [5.41, 5.74) is 1.87. The third-order valence-corrected chi connectivity index (χ3v) is 6.25. The van der Waals surface area contributed by atoms with Crippen molar-refractivity contribution in [1.29, 1.82) is 0 Å². The summed E-state index contributed by atoms with van der Waals surface area (Å²) in [6.07, 6.45) is 3.96. The van der Waals surface area contributed by atoms with Crippen LogP contribution in [0.4, 0.5) is 5.69 Å². The predicted molar refractivity (Wildman–Crippen MR) is 122 cm³/mol. The van der Waals surface area contributed by atoms with Crippen LogP contribution in [0.2, 0.25) is 0 Å². The largest absolute Gasteiger partial charge is 0.456 e. The summed E-state index contributed by atoms with van der Waals surface area (Å²) >= 11 is 0. The minimum atomic E-state index is -0.410. The number of hydrogen-bond acceptors (Lipinski definition) is 6. The van der Waals surface area contributed by atoms with E-state index in [4.69, 9.17) is 10.6 Å². The van der Waals surface area contributed by atoms with E-state index in [1.807, 2.05) is 20.8 Å². The second-order valence-electron chi connectivity index (χ2n) is 9.94. The first-order chi connectivity index (χ1) is 14.2. The Labute approximate surface area is 181 Å². The highest BCUT2D eigenvalue weighted by atomic mass is 16.6. The molecule has 0 bridgehead atoms. The highest BCUT2D eigenvalue weighted by Crippen LogP contribution is 2.24. The number of hydrazone groups is 1. The van der Waals surface area contributed by atoms with Crippen molar-refractivity contribution in [3.05, 3.63) is 29.8 Å². The van der Waals surface area contributed by atoms with Gasteiger partial charge in [-0.25, -0.2) is 4.79 Å². The molecule has 2 fully saturated rings. The predicted octanol–water partition coefficient (Wildman–Crippen LogP) is 2.05. The first-order valence-corrected chi connectivity index (χ1v) is 11.1. The molecular weight excluding hydrogens is 378 g/mol. The lowest BCUT2D eigenvalue weighted by molar-refractivity contribution is -0.907. The van der Waals surface area contributed by atoms with E-state index in [-0.39, 0.29) is 5.97 Å². The summed E-state index contributed by atoms with van der Waals surface area (Å²) in [6, 6.07) is 9.03. The molecule has 0 aromatic heterocycles. The molecule has 2 aliphatic rings. The number of benzene rings is 1. The summed E-state index contributed by atoms with van der Waals surface area (Å²) in [5, 5.41) is 3.58. The molecule has 30 heavy (non-hydrogen) atoms. The van der Waals surface area contributed by atoms with E-state index in [1.165, 1.54) is 5.69 Å². The minimum Gasteiger partial charge on any atom is -0.456 e. The van der Waals surface area contributed by atoms with Gasteiger partial charge in [-0.05, 0) is 38.5 Å². The molecule has 7 heteroatoms. The van der Waals surface area contributed by atoms with Crippen LogP contribution in [-0.2, 0) is 9.53 Å². The smallest absolute Gasteiger partial charge is 0.362 e. The van der Waals surface area contributed by atoms with Crippen LogP contribution in [-0.4, -0.2) is 86.1 Å². The maximum absolute atomic E-state index is 12.3. The van der Waals surface area contributed by atoms with Crippen molar-refractivity contribution in [2.24, 2.45) is 10.9 Å². The van der Waals surface area contributed by atoms with Crippen LogP contribution in [0.5, 0.6) is 0 Å². The van der Waals surface area contributed by atoms with Crippen LogP contribution in [0.15, 0.2) is 29.4 Å². The molecule has 0 saturated carbocycles. The SMILES string of the molecule is CC(C)(C)OC(=O)C[N+]1(C)CCC(N2CCN(c3ccc(C=NN)cc3)CC2)CC1. The number of esters is 1. The lowest BCUT2D eigenvalue weighted by Gasteiger charge is -2.46. The molecule has 1 aromatic rings. The van der Waals surface area contributed by atoms with Gasteiger partial charge in [-0.2, -0.15) is 5.10 Å². The Morgan fingerprint density at radius 1 is 1.17 bits per heavy atom. The van der Waals surface area contributed by atoms with Crippen LogP contribution in [0, 0.1) is 0 Å². The lowest BCUT2D eigenvalue weighted by Crippen LogP contribution is -2.59. The first kappa shape index (κ1) is 22.6. The molecule has 0 amide bonds. The molecule has 166 valence electrons. The van der Waals surface area contributed by atoms with Crippen molar-refractivity contribution < 1.29 is 14.0 Å². The molecule has 0 aliphatic carbocycles. The van der Waals surface area contributed by atoms with Gasteiger partial charge in [-0.3, -0.25) is 4.90 Å². The topological polar surface area (TPSA) is 71.2 Å². The zero-order valence-corrected chi connectivity index (χ0v) is 19.0. The Bertz CT molecular complexity index is 725. The number of piperidine rings is 1. The summed E-state index contributed by atoms with van der Waals surface area (Å²) in [7, 11) is 2.19. The molecule has 2 N–H and O–H groups in total. The second kappa shape index (κ2) is 9.35. The number of likely N-dealkylation sites (tertiary alicyclic amines) is 1. The van der Waals surface area contributed by atoms with E-state index in [2.05, 4.69) is 46.2 Å². The minimum absolute atomic E-state index is 0.0826. The van der Waals surface area contributed by atoms with Gasteiger partial charge in [0, 0.05) is 50.7 Å². The van der Waals surface area contributed by atoms with Crippen molar-refractivity contribution in [3.8, 4) is 0 Å². The van der Waals surface area contributed by atoms with Crippen molar-refractivity contribution in [1.82, 2.24) is 4.90 Å². The van der Waals surface area contributed by atoms with E-state index in [9.17, 15) is 4.79 Å². The average Bonchev–Trinajstić information content (AvgIpc) is 2.68. The molecule has 0 atom stereocenters. The van der Waals surface area contributed by atoms with E-state index in [0.29, 0.717) is 12.6 Å². The number of nitrogens with two attached hydrogens (primary N) is 1. The molecule has 1 aromatic carbocycles. The molecule has 0 radical (unpaired) electrons. The summed E-state index contributed by atoms with van der Waals surface area (Å²) < 4.78 is 6.34. The van der Waals surface area contributed by atoms with E-state index in [1.54, 1.807) is 6.21 Å². The molecule has 7 nitrogen and oxygen atoms in total. The van der Waals surface area contributed by atoms with Crippen LogP contribution in [0.1, 0.15) is 39.2 Å². The van der Waals surface area contributed by atoms with E-state index in [0.717, 1.165) is 62.2 Å². The quantitative estimate of drug-likeness (QED) is 0.262. The maximum Gasteiger partial charge on any atom is 0.362 e. The maximum atomic E-state index is 12.3. The van der Waals surface area contributed by atoms with Crippen molar-refractivity contribution in [3.63, 3.8) is 0 Å². The third-order valence-electron chi connectivity index (χ3n) is 6.25. The second-order valence-corrected chi connectivity index (χ2v) is 9.94. The van der Waals surface area contributed by atoms with Crippen LogP contribution in [0.3, 0.4) is 0 Å². The molecular formula is C23H38N5O2+. The average molecular weight is 417 g/mol. The fourth-order valence-corrected chi connectivity index (χ4v) is 4.59. The fraction of sp³-hybridized carbons (Fsp3) is 0.652. The van der Waals surface area contributed by atoms with Gasteiger partial charge in [0.25, 0.3) is 0 Å². The van der Waals surface area contributed by atoms with Gasteiger partial charge in [-0.1, -0.05) is 12.1 Å². The Morgan fingerprint density at radius 3 is 2.30 bits per heavy atom. The van der Waals surface area contributed by atoms with Crippen LogP contribution >= 0.6 is 0 Å². The molecule has 3 rings (SSSR count). The van der Waals surface area contributed by atoms with Crippen molar-refractivity contribution in [2.45, 2.75) is 45.3 Å². The molecule has 2 saturated heterocycles. The summed E-state index contributed by atoms with van der Waals surface area (Å²) in [6.45, 7) is 12.6. The Balaban J connectivity index is 1.45. The number of likely N-dealkylation sites (N-methyl/N-ethyl adjacent to an activating group) is 1.